The third kappa shape index (κ3) is 1.43. The van der Waals surface area contributed by atoms with Gasteiger partial charge in [-0.3, -0.25) is 9.59 Å². The van der Waals surface area contributed by atoms with Gasteiger partial charge in [-0.15, -0.1) is 0 Å². The van der Waals surface area contributed by atoms with Gasteiger partial charge in [0.05, 0.1) is 5.41 Å². The quantitative estimate of drug-likeness (QED) is 0.815. The van der Waals surface area contributed by atoms with Gasteiger partial charge in [0.15, 0.2) is 11.5 Å². The molecule has 1 atom stereocenters. The molecule has 2 aliphatic rings. The minimum Gasteiger partial charge on any atom is -0.364 e. The molecule has 0 bridgehead atoms. The van der Waals surface area contributed by atoms with E-state index in [-0.39, 0.29) is 11.5 Å². The van der Waals surface area contributed by atoms with Gasteiger partial charge in [0.2, 0.25) is 0 Å². The topological polar surface area (TPSA) is 86.2 Å². The number of Topliss-reactive ketones (excluding diaryl/α,β-unsaturated/α-hetero) is 1. The first-order valence-corrected chi connectivity index (χ1v) is 6.47. The van der Waals surface area contributed by atoms with Gasteiger partial charge in [-0.05, 0) is 32.1 Å². The highest BCUT2D eigenvalue weighted by Gasteiger charge is 2.48. The molecule has 1 fully saturated rings. The van der Waals surface area contributed by atoms with E-state index in [0.29, 0.717) is 12.2 Å². The molecule has 2 aliphatic carbocycles. The zero-order chi connectivity index (χ0) is 12.8. The molecule has 1 aromatic heterocycles. The minimum atomic E-state index is -0.569. The zero-order valence-electron chi connectivity index (χ0n) is 10.2. The Kier molecular flexibility index (Phi) is 2.50. The van der Waals surface area contributed by atoms with E-state index in [1.807, 2.05) is 0 Å². The van der Waals surface area contributed by atoms with Crippen molar-refractivity contribution in [3.63, 3.8) is 0 Å². The van der Waals surface area contributed by atoms with Crippen molar-refractivity contribution in [1.82, 2.24) is 5.16 Å². The van der Waals surface area contributed by atoms with Crippen LogP contribution >= 0.6 is 0 Å². The summed E-state index contributed by atoms with van der Waals surface area (Å²) in [6.07, 6.45) is 5.82. The van der Waals surface area contributed by atoms with Gasteiger partial charge < -0.3 is 10.3 Å². The molecule has 1 aromatic rings. The number of hydrogen-bond acceptors (Lipinski definition) is 4. The van der Waals surface area contributed by atoms with Gasteiger partial charge in [-0.1, -0.05) is 11.6 Å². The smallest absolute Gasteiger partial charge is 0.271 e. The summed E-state index contributed by atoms with van der Waals surface area (Å²) in [4.78, 5) is 23.6. The van der Waals surface area contributed by atoms with Crippen LogP contribution in [0.2, 0.25) is 0 Å². The highest BCUT2D eigenvalue weighted by Crippen LogP contribution is 2.46. The van der Waals surface area contributed by atoms with Crippen LogP contribution < -0.4 is 5.73 Å². The number of aromatic nitrogens is 1. The van der Waals surface area contributed by atoms with Crippen molar-refractivity contribution in [1.29, 1.82) is 0 Å². The lowest BCUT2D eigenvalue weighted by Crippen LogP contribution is -2.41. The van der Waals surface area contributed by atoms with E-state index < -0.39 is 11.3 Å². The van der Waals surface area contributed by atoms with E-state index in [1.165, 1.54) is 0 Å². The SMILES string of the molecule is NC(=O)c1noc2c1CCC[C@@]21CCCCC1=O. The van der Waals surface area contributed by atoms with E-state index in [1.54, 1.807) is 0 Å². The predicted molar refractivity (Wildman–Crippen MR) is 63.1 cm³/mol. The summed E-state index contributed by atoms with van der Waals surface area (Å²) in [6, 6.07) is 0. The average molecular weight is 248 g/mol. The second kappa shape index (κ2) is 3.93. The van der Waals surface area contributed by atoms with E-state index in [0.717, 1.165) is 44.1 Å². The van der Waals surface area contributed by atoms with Crippen LogP contribution in [0.1, 0.15) is 60.3 Å². The maximum absolute atomic E-state index is 12.3. The molecule has 5 heteroatoms. The Balaban J connectivity index is 2.12. The van der Waals surface area contributed by atoms with Crippen molar-refractivity contribution in [3.8, 4) is 0 Å². The van der Waals surface area contributed by atoms with Crippen LogP contribution in [0.5, 0.6) is 0 Å². The number of carbonyl (C=O) groups excluding carboxylic acids is 2. The molecule has 1 heterocycles. The Hall–Kier alpha value is -1.65. The molecule has 0 aromatic carbocycles. The fourth-order valence-electron chi connectivity index (χ4n) is 3.39. The molecule has 1 amide bonds. The van der Waals surface area contributed by atoms with Crippen molar-refractivity contribution in [2.75, 3.05) is 0 Å². The fraction of sp³-hybridized carbons (Fsp3) is 0.615. The highest BCUT2D eigenvalue weighted by molar-refractivity contribution is 5.95. The second-order valence-corrected chi connectivity index (χ2v) is 5.27. The molecule has 18 heavy (non-hydrogen) atoms. The summed E-state index contributed by atoms with van der Waals surface area (Å²) in [7, 11) is 0. The van der Waals surface area contributed by atoms with Crippen molar-refractivity contribution in [2.24, 2.45) is 5.73 Å². The van der Waals surface area contributed by atoms with Gasteiger partial charge in [0.25, 0.3) is 5.91 Å². The van der Waals surface area contributed by atoms with Crippen LogP contribution in [0.4, 0.5) is 0 Å². The van der Waals surface area contributed by atoms with E-state index >= 15 is 0 Å². The maximum atomic E-state index is 12.3. The van der Waals surface area contributed by atoms with Crippen LogP contribution in [-0.2, 0) is 16.6 Å². The molecule has 1 spiro atoms. The fourth-order valence-corrected chi connectivity index (χ4v) is 3.39. The molecule has 3 rings (SSSR count). The van der Waals surface area contributed by atoms with Crippen LogP contribution in [0.15, 0.2) is 4.52 Å². The summed E-state index contributed by atoms with van der Waals surface area (Å²) in [5, 5.41) is 3.78. The third-order valence-corrected chi connectivity index (χ3v) is 4.28. The summed E-state index contributed by atoms with van der Waals surface area (Å²) < 4.78 is 5.34. The molecule has 2 N–H and O–H groups in total. The number of amides is 1. The van der Waals surface area contributed by atoms with Crippen LogP contribution in [0.3, 0.4) is 0 Å². The molecule has 96 valence electrons. The number of carbonyl (C=O) groups is 2. The van der Waals surface area contributed by atoms with Gasteiger partial charge >= 0.3 is 0 Å². The lowest BCUT2D eigenvalue weighted by molar-refractivity contribution is -0.128. The van der Waals surface area contributed by atoms with Gasteiger partial charge in [0.1, 0.15) is 5.78 Å². The summed E-state index contributed by atoms with van der Waals surface area (Å²) in [5.74, 6) is 0.287. The van der Waals surface area contributed by atoms with Gasteiger partial charge in [0, 0.05) is 12.0 Å². The Morgan fingerprint density at radius 1 is 1.22 bits per heavy atom. The van der Waals surface area contributed by atoms with Crippen molar-refractivity contribution >= 4 is 11.7 Å². The number of nitrogens with two attached hydrogens (primary N) is 1. The summed E-state index contributed by atoms with van der Waals surface area (Å²) in [5.41, 5.74) is 5.75. The average Bonchev–Trinajstić information content (AvgIpc) is 2.78. The highest BCUT2D eigenvalue weighted by atomic mass is 16.5. The maximum Gasteiger partial charge on any atom is 0.271 e. The standard InChI is InChI=1S/C13H16N2O3/c14-12(17)10-8-4-3-7-13(11(8)18-15-10)6-2-1-5-9(13)16/h1-7H2,(H2,14,17)/t13-/m1/s1. The Morgan fingerprint density at radius 2 is 2.00 bits per heavy atom. The van der Waals surface area contributed by atoms with Crippen molar-refractivity contribution < 1.29 is 14.1 Å². The lowest BCUT2D eigenvalue weighted by Gasteiger charge is -2.36. The summed E-state index contributed by atoms with van der Waals surface area (Å²) >= 11 is 0. The third-order valence-electron chi connectivity index (χ3n) is 4.28. The molecule has 1 saturated carbocycles. The summed E-state index contributed by atoms with van der Waals surface area (Å²) in [6.45, 7) is 0. The molecule has 0 saturated heterocycles. The molecule has 0 aliphatic heterocycles. The van der Waals surface area contributed by atoms with E-state index in [9.17, 15) is 9.59 Å². The second-order valence-electron chi connectivity index (χ2n) is 5.27. The first-order chi connectivity index (χ1) is 8.65. The molecule has 0 unspecified atom stereocenters. The number of primary amides is 1. The van der Waals surface area contributed by atoms with Crippen molar-refractivity contribution in [2.45, 2.75) is 50.4 Å². The first-order valence-electron chi connectivity index (χ1n) is 6.47. The first kappa shape index (κ1) is 11.4. The van der Waals surface area contributed by atoms with E-state index in [4.69, 9.17) is 10.3 Å². The normalized spacial score (nSPS) is 27.2. The monoisotopic (exact) mass is 248 g/mol. The van der Waals surface area contributed by atoms with Crippen LogP contribution in [0.25, 0.3) is 0 Å². The lowest BCUT2D eigenvalue weighted by atomic mass is 9.64. The zero-order valence-corrected chi connectivity index (χ0v) is 10.2. The number of nitrogens with zero attached hydrogens (tertiary/aromatic N) is 1. The van der Waals surface area contributed by atoms with Crippen LogP contribution in [-0.4, -0.2) is 16.8 Å². The number of rotatable bonds is 1. The Bertz CT molecular complexity index is 520. The molecular weight excluding hydrogens is 232 g/mol. The van der Waals surface area contributed by atoms with Crippen LogP contribution in [0, 0.1) is 0 Å². The van der Waals surface area contributed by atoms with Gasteiger partial charge in [-0.2, -0.15) is 0 Å². The minimum absolute atomic E-state index is 0.211. The van der Waals surface area contributed by atoms with Crippen molar-refractivity contribution in [3.05, 3.63) is 17.0 Å². The Labute approximate surface area is 105 Å². The number of fused-ring (bicyclic) bond motifs is 2. The predicted octanol–water partition coefficient (Wildman–Crippen LogP) is 1.49. The molecule has 5 nitrogen and oxygen atoms in total. The van der Waals surface area contributed by atoms with Gasteiger partial charge in [-0.25, -0.2) is 0 Å². The molecule has 0 radical (unpaired) electrons. The van der Waals surface area contributed by atoms with E-state index in [2.05, 4.69) is 5.16 Å². The molecular formula is C13H16N2O3. The number of ketones is 1. The Morgan fingerprint density at radius 3 is 2.72 bits per heavy atom. The number of hydrogen-bond donors (Lipinski definition) is 1. The largest absolute Gasteiger partial charge is 0.364 e.